The standard InChI is InChI=1S/2C9H7.2C6H5.2ClH.H2Si.Zr/c2*1-2-5-9-7-3-6-8(9)4-1;2*1-2-4-6-5-3-1;;;;/h2*1-7H;2*1-5H;2*1H;1H2;. The third-order valence-electron chi connectivity index (χ3n) is 7.93. The Morgan fingerprint density at radius 3 is 1.24 bits per heavy atom. The van der Waals surface area contributed by atoms with E-state index in [1.54, 1.807) is 6.54 Å². The Bertz CT molecular complexity index is 1330. The van der Waals surface area contributed by atoms with Crippen molar-refractivity contribution in [2.45, 2.75) is 7.25 Å². The minimum atomic E-state index is -4.14. The number of halogens is 2. The summed E-state index contributed by atoms with van der Waals surface area (Å²) in [5.74, 6) is 0. The molecule has 0 saturated heterocycles. The van der Waals surface area contributed by atoms with Gasteiger partial charge in [0.1, 0.15) is 0 Å². The van der Waals surface area contributed by atoms with Crippen LogP contribution < -0.4 is 6.54 Å². The van der Waals surface area contributed by atoms with E-state index in [-0.39, 0.29) is 24.8 Å². The molecule has 2 unspecified atom stereocenters. The first-order valence-electron chi connectivity index (χ1n) is 11.4. The van der Waals surface area contributed by atoms with Crippen molar-refractivity contribution in [3.8, 4) is 0 Å². The molecule has 0 aromatic heterocycles. The third-order valence-corrected chi connectivity index (χ3v) is 35.8. The molecule has 0 heterocycles. The van der Waals surface area contributed by atoms with Gasteiger partial charge in [-0.15, -0.1) is 24.8 Å². The summed E-state index contributed by atoms with van der Waals surface area (Å²) in [4.78, 5) is 0. The summed E-state index contributed by atoms with van der Waals surface area (Å²) in [5.41, 5.74) is 5.76. The first-order valence-corrected chi connectivity index (χ1v) is 22.6. The van der Waals surface area contributed by atoms with E-state index in [0.29, 0.717) is 7.25 Å². The molecule has 0 N–H and O–H groups in total. The number of rotatable bonds is 4. The van der Waals surface area contributed by atoms with Gasteiger partial charge in [0.15, 0.2) is 0 Å². The van der Waals surface area contributed by atoms with Crippen LogP contribution in [0.5, 0.6) is 0 Å². The van der Waals surface area contributed by atoms with Gasteiger partial charge < -0.3 is 0 Å². The van der Waals surface area contributed by atoms with Crippen molar-refractivity contribution in [1.29, 1.82) is 0 Å². The van der Waals surface area contributed by atoms with E-state index in [4.69, 9.17) is 0 Å². The monoisotopic (exact) mass is 576 g/mol. The Kier molecular flexibility index (Phi) is 7.09. The minimum absolute atomic E-state index is 0. The van der Waals surface area contributed by atoms with Crippen molar-refractivity contribution < 1.29 is 17.4 Å². The molecule has 0 saturated carbocycles. The van der Waals surface area contributed by atoms with Gasteiger partial charge in [-0.25, -0.2) is 0 Å². The van der Waals surface area contributed by atoms with Crippen LogP contribution in [0.15, 0.2) is 121 Å². The summed E-state index contributed by atoms with van der Waals surface area (Å²) in [6.07, 6.45) is 9.82. The SMILES string of the molecule is Cl.Cl.[SiH2]=[Zr]([c]1ccccc1)([c]1ccccc1)([CH]1C=Cc2ccccc21)[CH]1C=Cc2ccccc21. The van der Waals surface area contributed by atoms with Gasteiger partial charge in [-0.1, -0.05) is 0 Å². The van der Waals surface area contributed by atoms with E-state index in [1.807, 2.05) is 0 Å². The Labute approximate surface area is 217 Å². The van der Waals surface area contributed by atoms with Gasteiger partial charge in [0, 0.05) is 0 Å². The quantitative estimate of drug-likeness (QED) is 0.251. The number of hydrogen-bond donors (Lipinski definition) is 0. The van der Waals surface area contributed by atoms with Crippen LogP contribution in [0.25, 0.3) is 12.2 Å². The number of hydrogen-bond acceptors (Lipinski definition) is 0. The molecule has 34 heavy (non-hydrogen) atoms. The Morgan fingerprint density at radius 1 is 0.471 bits per heavy atom. The van der Waals surface area contributed by atoms with E-state index in [0.717, 1.165) is 0 Å². The second-order valence-electron chi connectivity index (χ2n) is 9.29. The van der Waals surface area contributed by atoms with Crippen LogP contribution in [-0.4, -0.2) is 6.88 Å². The van der Waals surface area contributed by atoms with Crippen molar-refractivity contribution >= 4 is 50.4 Å². The molecule has 4 aromatic rings. The molecule has 2 aliphatic rings. The van der Waals surface area contributed by atoms with E-state index >= 15 is 0 Å². The normalized spacial score (nSPS) is 17.9. The van der Waals surface area contributed by atoms with Crippen molar-refractivity contribution in [3.63, 3.8) is 0 Å². The fourth-order valence-corrected chi connectivity index (χ4v) is 30.9. The molecule has 0 radical (unpaired) electrons. The molecule has 2 aliphatic carbocycles. The average molecular weight is 579 g/mol. The van der Waals surface area contributed by atoms with E-state index in [1.165, 1.54) is 22.3 Å². The molecule has 0 fully saturated rings. The summed E-state index contributed by atoms with van der Waals surface area (Å²) >= 11 is -4.14. The van der Waals surface area contributed by atoms with Gasteiger partial charge in [0.05, 0.1) is 0 Å². The van der Waals surface area contributed by atoms with Gasteiger partial charge in [-0.05, 0) is 0 Å². The summed E-state index contributed by atoms with van der Waals surface area (Å²) in [6, 6.07) is 41.1. The first-order chi connectivity index (χ1) is 15.7. The van der Waals surface area contributed by atoms with Crippen LogP contribution in [0.1, 0.15) is 29.5 Å². The van der Waals surface area contributed by atoms with Crippen LogP contribution in [-0.2, 0) is 17.4 Å². The second-order valence-corrected chi connectivity index (χ2v) is 32.2. The molecule has 170 valence electrons. The molecule has 4 aromatic carbocycles. The molecule has 0 bridgehead atoms. The van der Waals surface area contributed by atoms with Crippen molar-refractivity contribution in [2.75, 3.05) is 0 Å². The Balaban J connectivity index is 0.00000137. The predicted molar refractivity (Wildman–Crippen MR) is 152 cm³/mol. The fourth-order valence-electron chi connectivity index (χ4n) is 6.39. The molecule has 0 nitrogen and oxygen atoms in total. The molecule has 0 spiro atoms. The van der Waals surface area contributed by atoms with Crippen LogP contribution >= 0.6 is 24.8 Å². The topological polar surface area (TPSA) is 0 Å². The summed E-state index contributed by atoms with van der Waals surface area (Å²) < 4.78 is 3.96. The zero-order valence-corrected chi connectivity index (χ0v) is 24.4. The van der Waals surface area contributed by atoms with Gasteiger partial charge in [-0.2, -0.15) is 0 Å². The molecule has 0 aliphatic heterocycles. The number of fused-ring (bicyclic) bond motifs is 2. The van der Waals surface area contributed by atoms with Crippen LogP contribution in [0.4, 0.5) is 0 Å². The maximum absolute atomic E-state index is 4.14. The maximum atomic E-state index is 2.54. The zero-order valence-electron chi connectivity index (χ0n) is 18.9. The Hall–Kier alpha value is -1.96. The van der Waals surface area contributed by atoms with Crippen LogP contribution in [0.2, 0.25) is 0 Å². The van der Waals surface area contributed by atoms with Crippen molar-refractivity contribution in [3.05, 3.63) is 144 Å². The zero-order chi connectivity index (χ0) is 21.6. The number of allylic oxidation sites excluding steroid dienone is 2. The van der Waals surface area contributed by atoms with E-state index in [9.17, 15) is 0 Å². The van der Waals surface area contributed by atoms with Crippen LogP contribution in [0.3, 0.4) is 0 Å². The van der Waals surface area contributed by atoms with Crippen LogP contribution in [0, 0.1) is 0 Å². The van der Waals surface area contributed by atoms with E-state index in [2.05, 4.69) is 140 Å². The second kappa shape index (κ2) is 9.59. The molecule has 0 amide bonds. The molecular weight excluding hydrogens is 551 g/mol. The fraction of sp³-hybridized carbons (Fsp3) is 0.0667. The van der Waals surface area contributed by atoms with Gasteiger partial charge in [0.25, 0.3) is 0 Å². The van der Waals surface area contributed by atoms with Gasteiger partial charge in [0.2, 0.25) is 0 Å². The molecule has 2 atom stereocenters. The Morgan fingerprint density at radius 2 is 0.824 bits per heavy atom. The van der Waals surface area contributed by atoms with Gasteiger partial charge in [-0.3, -0.25) is 0 Å². The van der Waals surface area contributed by atoms with Crippen molar-refractivity contribution in [1.82, 2.24) is 0 Å². The molecule has 4 heteroatoms. The molecule has 6 rings (SSSR count). The summed E-state index contributed by atoms with van der Waals surface area (Å²) in [6.45, 7) is 2.40. The number of benzene rings is 4. The van der Waals surface area contributed by atoms with Crippen molar-refractivity contribution in [2.24, 2.45) is 0 Å². The van der Waals surface area contributed by atoms with E-state index < -0.39 is 17.4 Å². The summed E-state index contributed by atoms with van der Waals surface area (Å²) in [7, 11) is 0. The summed E-state index contributed by atoms with van der Waals surface area (Å²) in [5, 5.41) is 0. The average Bonchev–Trinajstić information content (AvgIpc) is 3.50. The molecular formula is C30H28Cl2SiZr. The first kappa shape index (κ1) is 25.1. The predicted octanol–water partition coefficient (Wildman–Crippen LogP) is 6.25. The van der Waals surface area contributed by atoms with Gasteiger partial charge >= 0.3 is 194 Å². The third kappa shape index (κ3) is 3.42.